The lowest BCUT2D eigenvalue weighted by Crippen LogP contribution is -2.46. The molecular formula is C30H43IN7O17P3S2. The van der Waals surface area contributed by atoms with E-state index < -0.39 is 89.8 Å². The molecular weight excluding hydrogens is 1010 g/mol. The van der Waals surface area contributed by atoms with Gasteiger partial charge in [0, 0.05) is 34.2 Å². The van der Waals surface area contributed by atoms with Gasteiger partial charge in [0.25, 0.3) is 0 Å². The average Bonchev–Trinajstić information content (AvgIpc) is 3.72. The molecule has 4 rings (SSSR count). The fourth-order valence-corrected chi connectivity index (χ4v) is 9.61. The highest BCUT2D eigenvalue weighted by Gasteiger charge is 2.50. The molecule has 0 spiro atoms. The van der Waals surface area contributed by atoms with Crippen molar-refractivity contribution < 1.29 is 80.5 Å². The number of aliphatic hydroxyl groups is 2. The number of imidazole rings is 1. The molecule has 0 radical (unpaired) electrons. The van der Waals surface area contributed by atoms with Crippen LogP contribution in [0.15, 0.2) is 36.9 Å². The van der Waals surface area contributed by atoms with Crippen LogP contribution in [0, 0.1) is 8.99 Å². The van der Waals surface area contributed by atoms with Gasteiger partial charge in [0.05, 0.1) is 24.8 Å². The highest BCUT2D eigenvalue weighted by atomic mass is 127. The zero-order valence-corrected chi connectivity index (χ0v) is 38.0. The molecule has 1 fully saturated rings. The number of thioether (sulfide) groups is 1. The zero-order chi connectivity index (χ0) is 44.6. The van der Waals surface area contributed by atoms with Crippen LogP contribution in [0.4, 0.5) is 5.82 Å². The van der Waals surface area contributed by atoms with Crippen LogP contribution in [-0.4, -0.2) is 128 Å². The van der Waals surface area contributed by atoms with Crippen LogP contribution in [0.2, 0.25) is 0 Å². The fourth-order valence-electron chi connectivity index (χ4n) is 5.31. The average molecular weight is 1060 g/mol. The van der Waals surface area contributed by atoms with E-state index in [-0.39, 0.29) is 47.4 Å². The lowest BCUT2D eigenvalue weighted by atomic mass is 9.87. The quantitative estimate of drug-likeness (QED) is 0.0288. The summed E-state index contributed by atoms with van der Waals surface area (Å²) in [5.74, 6) is -1.20. The van der Waals surface area contributed by atoms with Crippen molar-refractivity contribution in [1.29, 1.82) is 0 Å². The highest BCUT2D eigenvalue weighted by molar-refractivity contribution is 14.1. The Morgan fingerprint density at radius 3 is 2.38 bits per heavy atom. The Labute approximate surface area is 365 Å². The second kappa shape index (κ2) is 21.5. The second-order valence-corrected chi connectivity index (χ2v) is 20.8. The molecule has 2 aromatic heterocycles. The molecule has 334 valence electrons. The Hall–Kier alpha value is -2.14. The number of nitrogens with two attached hydrogens (primary N) is 1. The van der Waals surface area contributed by atoms with Crippen molar-refractivity contribution in [2.45, 2.75) is 62.6 Å². The number of carbonyl (C=O) groups excluding carboxylic acids is 3. The number of aliphatic hydroxyl groups excluding tert-OH is 2. The van der Waals surface area contributed by atoms with Gasteiger partial charge in [-0.1, -0.05) is 37.7 Å². The van der Waals surface area contributed by atoms with Crippen LogP contribution in [0.25, 0.3) is 11.2 Å². The van der Waals surface area contributed by atoms with Crippen molar-refractivity contribution in [3.63, 3.8) is 0 Å². The smallest absolute Gasteiger partial charge is 0.386 e. The van der Waals surface area contributed by atoms with Crippen LogP contribution >= 0.6 is 70.4 Å². The van der Waals surface area contributed by atoms with Gasteiger partial charge in [-0.05, 0) is 46.7 Å². The molecule has 0 bridgehead atoms. The third-order valence-electron chi connectivity index (χ3n) is 8.36. The topological polar surface area (TPSA) is 364 Å². The molecule has 1 aromatic carbocycles. The number of carbonyl (C=O) groups is 3. The molecule has 10 N–H and O–H groups in total. The van der Waals surface area contributed by atoms with Gasteiger partial charge in [-0.25, -0.2) is 28.6 Å². The van der Waals surface area contributed by atoms with Crippen molar-refractivity contribution in [1.82, 2.24) is 30.2 Å². The number of phosphoric ester groups is 3. The van der Waals surface area contributed by atoms with Crippen LogP contribution in [-0.2, 0) is 57.1 Å². The van der Waals surface area contributed by atoms with Gasteiger partial charge < -0.3 is 50.9 Å². The normalized spacial score (nSPS) is 21.5. The molecule has 0 saturated carbocycles. The molecule has 0 aliphatic carbocycles. The minimum absolute atomic E-state index is 0.0279. The Morgan fingerprint density at radius 1 is 1.05 bits per heavy atom. The summed E-state index contributed by atoms with van der Waals surface area (Å²) in [5, 5.41) is 25.8. The molecule has 30 heteroatoms. The second-order valence-electron chi connectivity index (χ2n) is 13.6. The molecule has 8 unspecified atom stereocenters. The number of rotatable bonds is 22. The van der Waals surface area contributed by atoms with E-state index in [9.17, 15) is 57.9 Å². The van der Waals surface area contributed by atoms with E-state index in [0.717, 1.165) is 38.1 Å². The Morgan fingerprint density at radius 2 is 1.72 bits per heavy atom. The minimum Gasteiger partial charge on any atom is -0.386 e. The van der Waals surface area contributed by atoms with Crippen molar-refractivity contribution in [2.24, 2.45) is 5.41 Å². The van der Waals surface area contributed by atoms with Gasteiger partial charge in [0.1, 0.15) is 36.3 Å². The molecule has 8 atom stereocenters. The monoisotopic (exact) mass is 1060 g/mol. The van der Waals surface area contributed by atoms with Crippen molar-refractivity contribution in [2.75, 3.05) is 37.8 Å². The minimum atomic E-state index is -5.58. The van der Waals surface area contributed by atoms with Gasteiger partial charge in [-0.15, -0.1) is 0 Å². The summed E-state index contributed by atoms with van der Waals surface area (Å²) >= 11 is 7.58. The van der Waals surface area contributed by atoms with Crippen molar-refractivity contribution in [3.05, 3.63) is 46.1 Å². The first-order chi connectivity index (χ1) is 27.9. The maximum Gasteiger partial charge on any atom is 0.481 e. The number of thiol groups is 1. The van der Waals surface area contributed by atoms with E-state index in [1.807, 2.05) is 24.3 Å². The van der Waals surface area contributed by atoms with Crippen LogP contribution in [0.3, 0.4) is 0 Å². The summed E-state index contributed by atoms with van der Waals surface area (Å²) < 4.78 is 63.3. The lowest BCUT2D eigenvalue weighted by Gasteiger charge is -2.30. The number of hydrogen-bond donors (Lipinski definition) is 10. The number of anilines is 1. The summed E-state index contributed by atoms with van der Waals surface area (Å²) in [6.07, 6.45) is -6.52. The van der Waals surface area contributed by atoms with Gasteiger partial charge >= 0.3 is 23.5 Å². The van der Waals surface area contributed by atoms with E-state index in [1.165, 1.54) is 13.8 Å². The molecule has 1 aliphatic heterocycles. The van der Waals surface area contributed by atoms with Gasteiger partial charge in [-0.3, -0.25) is 32.5 Å². The van der Waals surface area contributed by atoms with Gasteiger partial charge in [-0.2, -0.15) is 16.9 Å². The maximum atomic E-state index is 12.7. The predicted octanol–water partition coefficient (Wildman–Crippen LogP) is 0.810. The summed E-state index contributed by atoms with van der Waals surface area (Å²) in [6, 6.07) is 7.70. The number of hydrogen-bond acceptors (Lipinski definition) is 19. The zero-order valence-electron chi connectivity index (χ0n) is 31.5. The molecule has 1 saturated heterocycles. The number of nitrogens with one attached hydrogen (secondary N) is 2. The summed E-state index contributed by atoms with van der Waals surface area (Å²) in [6.45, 7) is 0.415. The van der Waals surface area contributed by atoms with E-state index in [4.69, 9.17) is 19.5 Å². The number of amides is 2. The van der Waals surface area contributed by atoms with Crippen LogP contribution < -0.4 is 16.4 Å². The Kier molecular flexibility index (Phi) is 18.1. The maximum absolute atomic E-state index is 12.7. The number of aromatic nitrogens is 4. The molecule has 24 nitrogen and oxygen atoms in total. The van der Waals surface area contributed by atoms with Crippen molar-refractivity contribution >= 4 is 104 Å². The molecule has 2 amide bonds. The number of ether oxygens (including phenoxy) is 1. The van der Waals surface area contributed by atoms with E-state index in [2.05, 4.69) is 69.6 Å². The Balaban J connectivity index is 1.20. The predicted molar refractivity (Wildman–Crippen MR) is 223 cm³/mol. The molecule has 1 aliphatic rings. The molecule has 3 aromatic rings. The number of nitrogen functional groups attached to an aromatic ring is 1. The first-order valence-electron chi connectivity index (χ1n) is 17.4. The first-order valence-corrected chi connectivity index (χ1v) is 24.5. The number of halogens is 1. The number of fused-ring (bicyclic) bond motifs is 1. The number of benzene rings is 1. The van der Waals surface area contributed by atoms with E-state index in [0.29, 0.717) is 6.42 Å². The lowest BCUT2D eigenvalue weighted by molar-refractivity contribution is -0.137. The number of phosphoric acid groups is 3. The SMILES string of the molecule is CC(C)(COP(=O)(O)OP(=O)(O)OCC1OC(n2cnc3c(N)ncnc32)C(O)C1OP(=O)(O)O)C(O)C(=O)NCCC(=O)NCCSC(=O)C(S)Cc1ccc(I)cc1. The van der Waals surface area contributed by atoms with Gasteiger partial charge in [0.15, 0.2) is 17.7 Å². The fraction of sp³-hybridized carbons (Fsp3) is 0.533. The first kappa shape index (κ1) is 50.5. The largest absolute Gasteiger partial charge is 0.481 e. The Bertz CT molecular complexity index is 2140. The molecule has 60 heavy (non-hydrogen) atoms. The highest BCUT2D eigenvalue weighted by Crippen LogP contribution is 2.61. The summed E-state index contributed by atoms with van der Waals surface area (Å²) in [5.41, 5.74) is 5.22. The van der Waals surface area contributed by atoms with Crippen LogP contribution in [0.5, 0.6) is 0 Å². The standard InChI is InChI=1S/C30H43IN7O17P3S2/c1-30(2,24(41)27(42)34-8-7-20(39)33-9-10-60-29(43)19(59)11-16-3-5-17(31)6-4-16)13-52-58(49,50)55-57(47,48)51-12-18-23(54-56(44,45)46)22(40)28(53-18)38-15-37-21-25(32)35-14-36-26(21)38/h3-6,14-15,18-19,22-24,28,40-41,59H,7-13H2,1-2H3,(H,33,39)(H,34,42)(H,47,48)(H,49,50)(H2,32,35,36)(H2,44,45,46). The van der Waals surface area contributed by atoms with E-state index >= 15 is 0 Å². The van der Waals surface area contributed by atoms with Crippen LogP contribution in [0.1, 0.15) is 32.1 Å². The third-order valence-corrected chi connectivity index (χ3v) is 13.7. The van der Waals surface area contributed by atoms with Crippen molar-refractivity contribution in [3.8, 4) is 0 Å². The van der Waals surface area contributed by atoms with E-state index in [1.54, 1.807) is 0 Å². The third kappa shape index (κ3) is 15.0. The molecule has 3 heterocycles. The summed E-state index contributed by atoms with van der Waals surface area (Å²) in [4.78, 5) is 88.3. The number of nitrogens with zero attached hydrogens (tertiary/aromatic N) is 4. The summed E-state index contributed by atoms with van der Waals surface area (Å²) in [7, 11) is -16.4. The van der Waals surface area contributed by atoms with Gasteiger partial charge in [0.2, 0.25) is 16.9 Å².